The van der Waals surface area contributed by atoms with Gasteiger partial charge in [-0.3, -0.25) is 13.8 Å². The molecule has 2 aliphatic rings. The van der Waals surface area contributed by atoms with E-state index in [1.165, 1.54) is 12.8 Å². The molecule has 0 bridgehead atoms. The van der Waals surface area contributed by atoms with Gasteiger partial charge in [0.05, 0.1) is 31.8 Å². The maximum absolute atomic E-state index is 13.2. The lowest BCUT2D eigenvalue weighted by Gasteiger charge is -2.45. The third-order valence-electron chi connectivity index (χ3n) is 13.2. The third-order valence-corrected chi connectivity index (χ3v) is 14.2. The van der Waals surface area contributed by atoms with E-state index in [1.807, 2.05) is 0 Å². The first-order chi connectivity index (χ1) is 34.2. The van der Waals surface area contributed by atoms with E-state index in [2.05, 4.69) is 31.4 Å². The van der Waals surface area contributed by atoms with Crippen LogP contribution < -0.4 is 10.6 Å². The van der Waals surface area contributed by atoms with Gasteiger partial charge in [0.15, 0.2) is 18.7 Å². The van der Waals surface area contributed by atoms with E-state index in [1.54, 1.807) is 0 Å². The second-order valence-electron chi connectivity index (χ2n) is 19.6. The van der Waals surface area contributed by atoms with Crippen molar-refractivity contribution in [1.82, 2.24) is 10.6 Å². The Balaban J connectivity index is 2.21. The van der Waals surface area contributed by atoms with E-state index in [4.69, 9.17) is 28.0 Å². The molecule has 2 aliphatic heterocycles. The van der Waals surface area contributed by atoms with Gasteiger partial charge in [-0.15, -0.1) is 0 Å². The van der Waals surface area contributed by atoms with Crippen molar-refractivity contribution in [3.05, 3.63) is 0 Å². The molecule has 2 heterocycles. The molecule has 2 fully saturated rings. The van der Waals surface area contributed by atoms with E-state index in [0.717, 1.165) is 109 Å². The monoisotopic (exact) mass is 1080 g/mol. The topological polar surface area (TPSA) is 350 Å². The minimum absolute atomic E-state index is 0.0332. The van der Waals surface area contributed by atoms with Gasteiger partial charge in [-0.25, -0.2) is 13.9 Å². The largest absolute Gasteiger partial charge is 0.472 e. The van der Waals surface area contributed by atoms with Crippen LogP contribution in [0.5, 0.6) is 0 Å². The highest BCUT2D eigenvalue weighted by molar-refractivity contribution is 7.46. The maximum Gasteiger partial charge on any atom is 0.472 e. The van der Waals surface area contributed by atoms with Gasteiger partial charge in [-0.1, -0.05) is 156 Å². The van der Waals surface area contributed by atoms with Crippen molar-refractivity contribution in [3.63, 3.8) is 0 Å². The standard InChI is InChI=1S/C48H94N2O20P2/c1-4-7-10-13-16-19-22-25-28-36(53)46(58)66-35(27-24-21-18-15-12-9-6-3)29-30-49-40-44(57)45(69-71(59,60)61)37(32-51)67-47(40)65-33-38-42(55)43(56)41(48(68-38)70-72(62,63)64)50-39(54)31-34(52)26-23-20-17-14-11-8-5-2/h34-38,40-45,47-49,51-53,55-57H,4-33H2,1-3H3,(H,50,54)(H2,59,60,61)(H2,62,63,64)/t34-,35-,36+,37-,38-,40-,41-,42-,43-,44-,45-,47-,48-/m1/s1. The van der Waals surface area contributed by atoms with Crippen LogP contribution in [0.3, 0.4) is 0 Å². The Kier molecular flexibility index (Phi) is 34.8. The molecular formula is C48H94N2O20P2. The summed E-state index contributed by atoms with van der Waals surface area (Å²) in [4.78, 5) is 65.0. The molecule has 0 aromatic rings. The smallest absolute Gasteiger partial charge is 0.460 e. The first kappa shape index (κ1) is 66.9. The summed E-state index contributed by atoms with van der Waals surface area (Å²) < 4.78 is 56.9. The zero-order valence-corrected chi connectivity index (χ0v) is 45.0. The molecular weight excluding hydrogens is 986 g/mol. The van der Waals surface area contributed by atoms with E-state index in [9.17, 15) is 68.9 Å². The van der Waals surface area contributed by atoms with Gasteiger partial charge in [0.1, 0.15) is 48.8 Å². The number of ether oxygens (including phenoxy) is 4. The fourth-order valence-electron chi connectivity index (χ4n) is 9.09. The average molecular weight is 1080 g/mol. The van der Waals surface area contributed by atoms with Crippen LogP contribution in [0.1, 0.15) is 194 Å². The summed E-state index contributed by atoms with van der Waals surface area (Å²) in [6.07, 6.45) is 5.35. The second-order valence-corrected chi connectivity index (χ2v) is 22.0. The number of carbonyl (C=O) groups excluding carboxylic acids is 2. The highest BCUT2D eigenvalue weighted by Crippen LogP contribution is 2.43. The molecule has 2 rings (SSSR count). The van der Waals surface area contributed by atoms with Crippen LogP contribution in [0.25, 0.3) is 0 Å². The van der Waals surface area contributed by atoms with Crippen LogP contribution in [0.2, 0.25) is 0 Å². The molecule has 0 aromatic carbocycles. The van der Waals surface area contributed by atoms with Crippen LogP contribution in [0.4, 0.5) is 0 Å². The molecule has 72 heavy (non-hydrogen) atoms. The summed E-state index contributed by atoms with van der Waals surface area (Å²) in [5, 5.41) is 70.7. The van der Waals surface area contributed by atoms with Gasteiger partial charge >= 0.3 is 21.6 Å². The quantitative estimate of drug-likeness (QED) is 0.0222. The Morgan fingerprint density at radius 3 is 1.58 bits per heavy atom. The van der Waals surface area contributed by atoms with Gasteiger partial charge in [-0.05, 0) is 38.6 Å². The number of hydrogen-bond donors (Lipinski definition) is 12. The molecule has 12 N–H and O–H groups in total. The molecule has 13 atom stereocenters. The van der Waals surface area contributed by atoms with Gasteiger partial charge in [0.2, 0.25) is 5.91 Å². The second kappa shape index (κ2) is 37.5. The third kappa shape index (κ3) is 28.2. The molecule has 0 spiro atoms. The van der Waals surface area contributed by atoms with E-state index in [0.29, 0.717) is 32.1 Å². The first-order valence-electron chi connectivity index (χ1n) is 26.9. The molecule has 2 saturated heterocycles. The van der Waals surface area contributed by atoms with Crippen LogP contribution in [-0.4, -0.2) is 161 Å². The van der Waals surface area contributed by atoms with Crippen molar-refractivity contribution in [2.75, 3.05) is 19.8 Å². The summed E-state index contributed by atoms with van der Waals surface area (Å²) >= 11 is 0. The fourth-order valence-corrected chi connectivity index (χ4v) is 10.1. The summed E-state index contributed by atoms with van der Waals surface area (Å²) in [7, 11) is -10.7. The molecule has 0 radical (unpaired) electrons. The maximum atomic E-state index is 13.2. The predicted octanol–water partition coefficient (Wildman–Crippen LogP) is 4.78. The lowest BCUT2D eigenvalue weighted by Crippen LogP contribution is -2.66. The van der Waals surface area contributed by atoms with Crippen molar-refractivity contribution < 1.29 is 96.9 Å². The first-order valence-corrected chi connectivity index (χ1v) is 30.0. The van der Waals surface area contributed by atoms with Gasteiger partial charge < -0.3 is 79.8 Å². The number of carbonyl (C=O) groups is 2. The average Bonchev–Trinajstić information content (AvgIpc) is 3.31. The number of hydrogen-bond acceptors (Lipinski definition) is 17. The van der Waals surface area contributed by atoms with Gasteiger partial charge in [0.25, 0.3) is 0 Å². The minimum Gasteiger partial charge on any atom is -0.460 e. The number of esters is 1. The van der Waals surface area contributed by atoms with Crippen molar-refractivity contribution in [1.29, 1.82) is 0 Å². The normalized spacial score (nSPS) is 26.3. The summed E-state index contributed by atoms with van der Waals surface area (Å²) in [5.74, 6) is -1.59. The Labute approximate surface area is 427 Å². The number of aliphatic hydroxyl groups is 6. The zero-order chi connectivity index (χ0) is 53.5. The number of unbranched alkanes of at least 4 members (excludes halogenated alkanes) is 19. The van der Waals surface area contributed by atoms with E-state index < -0.39 is 127 Å². The molecule has 0 unspecified atom stereocenters. The molecule has 426 valence electrons. The van der Waals surface area contributed by atoms with Crippen molar-refractivity contribution in [3.8, 4) is 0 Å². The molecule has 0 aliphatic carbocycles. The molecule has 0 saturated carbocycles. The summed E-state index contributed by atoms with van der Waals surface area (Å²) in [5.41, 5.74) is 0. The zero-order valence-electron chi connectivity index (χ0n) is 43.2. The minimum atomic E-state index is -5.39. The number of rotatable bonds is 42. The molecule has 1 amide bonds. The number of phosphoric ester groups is 2. The van der Waals surface area contributed by atoms with Crippen LogP contribution in [-0.2, 0) is 46.7 Å². The van der Waals surface area contributed by atoms with Crippen molar-refractivity contribution in [2.24, 2.45) is 0 Å². The highest BCUT2D eigenvalue weighted by Gasteiger charge is 2.51. The SMILES string of the molecule is CCCCCCCCCC[C@H](O)C(=O)O[C@H](CCCCCCCCC)CCN[C@H]1[C@H](OC[C@H]2O[C@H](OP(=O)(O)O)[C@H](NC(=O)C[C@H](O)CCCCCCCCC)[C@@H](O)[C@@H]2O)O[C@H](CO)[C@@H](OP(=O)(O)O)[C@@H]1O. The van der Waals surface area contributed by atoms with Gasteiger partial charge in [-0.2, -0.15) is 0 Å². The van der Waals surface area contributed by atoms with Crippen LogP contribution >= 0.6 is 15.6 Å². The van der Waals surface area contributed by atoms with Crippen molar-refractivity contribution >= 4 is 27.5 Å². The molecule has 24 heteroatoms. The number of aliphatic hydroxyl groups excluding tert-OH is 6. The highest BCUT2D eigenvalue weighted by atomic mass is 31.2. The predicted molar refractivity (Wildman–Crippen MR) is 266 cm³/mol. The lowest BCUT2D eigenvalue weighted by atomic mass is 9.95. The Morgan fingerprint density at radius 1 is 0.583 bits per heavy atom. The van der Waals surface area contributed by atoms with Crippen LogP contribution in [0.15, 0.2) is 0 Å². The summed E-state index contributed by atoms with van der Waals surface area (Å²) in [6.45, 7) is 4.69. The Hall–Kier alpha value is -1.24. The fraction of sp³-hybridized carbons (Fsp3) is 0.958. The number of amides is 1. The number of phosphoric acid groups is 2. The Morgan fingerprint density at radius 2 is 1.07 bits per heavy atom. The van der Waals surface area contributed by atoms with Crippen LogP contribution in [0, 0.1) is 0 Å². The molecule has 0 aromatic heterocycles. The Bertz CT molecular complexity index is 1530. The van der Waals surface area contributed by atoms with Gasteiger partial charge in [0, 0.05) is 0 Å². The summed E-state index contributed by atoms with van der Waals surface area (Å²) in [6, 6.07) is -3.16. The van der Waals surface area contributed by atoms with E-state index in [-0.39, 0.29) is 19.4 Å². The lowest BCUT2D eigenvalue weighted by molar-refractivity contribution is -0.295. The van der Waals surface area contributed by atoms with E-state index >= 15 is 0 Å². The van der Waals surface area contributed by atoms with Crippen molar-refractivity contribution in [2.45, 2.75) is 274 Å². The number of nitrogens with one attached hydrogen (secondary N) is 2. The molecule has 22 nitrogen and oxygen atoms in total.